The molecule has 0 spiro atoms. The number of amides is 1. The summed E-state index contributed by atoms with van der Waals surface area (Å²) in [5.74, 6) is -0.0461. The highest BCUT2D eigenvalue weighted by Gasteiger charge is 2.11. The molecule has 19 heavy (non-hydrogen) atoms. The fourth-order valence-corrected chi connectivity index (χ4v) is 2.24. The summed E-state index contributed by atoms with van der Waals surface area (Å²) in [7, 11) is 0. The third-order valence-corrected chi connectivity index (χ3v) is 3.15. The van der Waals surface area contributed by atoms with Crippen LogP contribution < -0.4 is 5.32 Å². The van der Waals surface area contributed by atoms with Crippen molar-refractivity contribution < 1.29 is 4.79 Å². The number of aromatic amines is 1. The number of hydrogen-bond acceptors (Lipinski definition) is 5. The summed E-state index contributed by atoms with van der Waals surface area (Å²) in [6, 6.07) is 3.76. The molecule has 3 rings (SSSR count). The minimum atomic E-state index is -0.308. The summed E-state index contributed by atoms with van der Waals surface area (Å²) >= 11 is 1.36. The number of carbonyl (C=O) groups is 1. The van der Waals surface area contributed by atoms with Crippen LogP contribution in [0, 0.1) is 0 Å². The predicted molar refractivity (Wildman–Crippen MR) is 71.9 cm³/mol. The summed E-state index contributed by atoms with van der Waals surface area (Å²) in [5.41, 5.74) is 1.70. The molecular weight excluding hydrogens is 262 g/mol. The molecule has 0 aliphatic heterocycles. The Hall–Kier alpha value is -2.54. The number of hydrogen-bond donors (Lipinski definition) is 2. The number of rotatable bonds is 3. The van der Waals surface area contributed by atoms with Gasteiger partial charge in [-0.25, -0.2) is 9.97 Å². The van der Waals surface area contributed by atoms with Crippen molar-refractivity contribution in [3.05, 3.63) is 48.1 Å². The van der Waals surface area contributed by atoms with Gasteiger partial charge in [-0.05, 0) is 12.1 Å². The Balaban J connectivity index is 1.77. The first-order chi connectivity index (χ1) is 9.33. The SMILES string of the molecule is O=C(Nc1nc(-c2cccnc2)cs1)c1ncc[nH]1. The van der Waals surface area contributed by atoms with E-state index in [1.165, 1.54) is 17.5 Å². The molecule has 0 aliphatic carbocycles. The van der Waals surface area contributed by atoms with Gasteiger partial charge in [0.05, 0.1) is 5.69 Å². The number of nitrogens with zero attached hydrogens (tertiary/aromatic N) is 3. The molecule has 0 saturated heterocycles. The Morgan fingerprint density at radius 1 is 1.37 bits per heavy atom. The topological polar surface area (TPSA) is 83.6 Å². The van der Waals surface area contributed by atoms with E-state index in [1.54, 1.807) is 18.6 Å². The molecule has 3 aromatic heterocycles. The summed E-state index contributed by atoms with van der Waals surface area (Å²) < 4.78 is 0. The third kappa shape index (κ3) is 2.50. The summed E-state index contributed by atoms with van der Waals surface area (Å²) in [4.78, 5) is 26.8. The summed E-state index contributed by atoms with van der Waals surface area (Å²) in [6.07, 6.45) is 6.55. The lowest BCUT2D eigenvalue weighted by atomic mass is 10.2. The molecule has 0 unspecified atom stereocenters. The van der Waals surface area contributed by atoms with Gasteiger partial charge in [0.25, 0.3) is 5.91 Å². The molecule has 0 radical (unpaired) electrons. The lowest BCUT2D eigenvalue weighted by Crippen LogP contribution is -2.13. The molecular formula is C12H9N5OS. The number of nitrogens with one attached hydrogen (secondary N) is 2. The van der Waals surface area contributed by atoms with Crippen molar-refractivity contribution in [2.45, 2.75) is 0 Å². The van der Waals surface area contributed by atoms with E-state index in [4.69, 9.17) is 0 Å². The minimum absolute atomic E-state index is 0.262. The number of pyridine rings is 1. The zero-order chi connectivity index (χ0) is 13.1. The molecule has 7 heteroatoms. The van der Waals surface area contributed by atoms with Crippen LogP contribution >= 0.6 is 11.3 Å². The van der Waals surface area contributed by atoms with Crippen LogP contribution in [0.25, 0.3) is 11.3 Å². The van der Waals surface area contributed by atoms with Crippen molar-refractivity contribution in [1.82, 2.24) is 19.9 Å². The fourth-order valence-electron chi connectivity index (χ4n) is 1.52. The van der Waals surface area contributed by atoms with Gasteiger partial charge in [0.1, 0.15) is 0 Å². The summed E-state index contributed by atoms with van der Waals surface area (Å²) in [5, 5.41) is 5.09. The molecule has 0 bridgehead atoms. The zero-order valence-corrected chi connectivity index (χ0v) is 10.5. The smallest absolute Gasteiger partial charge is 0.293 e. The quantitative estimate of drug-likeness (QED) is 0.764. The lowest BCUT2D eigenvalue weighted by Gasteiger charge is -1.97. The summed E-state index contributed by atoms with van der Waals surface area (Å²) in [6.45, 7) is 0. The molecule has 3 heterocycles. The number of H-pyrrole nitrogens is 1. The highest BCUT2D eigenvalue weighted by molar-refractivity contribution is 7.14. The second-order valence-corrected chi connectivity index (χ2v) is 4.53. The van der Waals surface area contributed by atoms with Crippen molar-refractivity contribution in [2.75, 3.05) is 5.32 Å². The van der Waals surface area contributed by atoms with E-state index >= 15 is 0 Å². The molecule has 6 nitrogen and oxygen atoms in total. The van der Waals surface area contributed by atoms with Gasteiger partial charge in [-0.1, -0.05) is 0 Å². The van der Waals surface area contributed by atoms with Crippen molar-refractivity contribution in [3.8, 4) is 11.3 Å². The Bertz CT molecular complexity index is 677. The van der Waals surface area contributed by atoms with E-state index in [0.29, 0.717) is 5.13 Å². The maximum atomic E-state index is 11.8. The largest absolute Gasteiger partial charge is 0.341 e. The van der Waals surface area contributed by atoms with Gasteiger partial charge in [-0.2, -0.15) is 0 Å². The van der Waals surface area contributed by atoms with Gasteiger partial charge < -0.3 is 4.98 Å². The zero-order valence-electron chi connectivity index (χ0n) is 9.70. The first-order valence-electron chi connectivity index (χ1n) is 5.49. The second kappa shape index (κ2) is 4.99. The van der Waals surface area contributed by atoms with Crippen LogP contribution in [-0.4, -0.2) is 25.8 Å². The highest BCUT2D eigenvalue weighted by atomic mass is 32.1. The maximum absolute atomic E-state index is 11.8. The Morgan fingerprint density at radius 3 is 3.05 bits per heavy atom. The average molecular weight is 271 g/mol. The highest BCUT2D eigenvalue weighted by Crippen LogP contribution is 2.24. The standard InChI is InChI=1S/C12H9N5OS/c18-11(10-14-4-5-15-10)17-12-16-9(7-19-12)8-2-1-3-13-6-8/h1-7H,(H,14,15)(H,16,17,18). The average Bonchev–Trinajstić information content (AvgIpc) is 3.11. The van der Waals surface area contributed by atoms with Gasteiger partial charge in [0.15, 0.2) is 11.0 Å². The van der Waals surface area contributed by atoms with Gasteiger partial charge in [0, 0.05) is 35.7 Å². The Labute approximate surface area is 112 Å². The van der Waals surface area contributed by atoms with E-state index < -0.39 is 0 Å². The number of thiazole rings is 1. The van der Waals surface area contributed by atoms with Gasteiger partial charge in [-0.15, -0.1) is 11.3 Å². The fraction of sp³-hybridized carbons (Fsp3) is 0. The maximum Gasteiger partial charge on any atom is 0.293 e. The van der Waals surface area contributed by atoms with E-state index in [1.807, 2.05) is 17.5 Å². The number of anilines is 1. The molecule has 0 aliphatic rings. The third-order valence-electron chi connectivity index (χ3n) is 2.40. The monoisotopic (exact) mass is 271 g/mol. The first-order valence-corrected chi connectivity index (χ1v) is 6.37. The van der Waals surface area contributed by atoms with Crippen molar-refractivity contribution in [1.29, 1.82) is 0 Å². The van der Waals surface area contributed by atoms with Crippen LogP contribution in [0.3, 0.4) is 0 Å². The van der Waals surface area contributed by atoms with Gasteiger partial charge in [-0.3, -0.25) is 15.1 Å². The Morgan fingerprint density at radius 2 is 2.32 bits per heavy atom. The van der Waals surface area contributed by atoms with E-state index in [2.05, 4.69) is 25.3 Å². The molecule has 2 N–H and O–H groups in total. The molecule has 0 aromatic carbocycles. The second-order valence-electron chi connectivity index (χ2n) is 3.67. The number of carbonyl (C=O) groups excluding carboxylic acids is 1. The van der Waals surface area contributed by atoms with Crippen molar-refractivity contribution >= 4 is 22.4 Å². The molecule has 0 saturated carbocycles. The number of imidazole rings is 1. The molecule has 94 valence electrons. The molecule has 1 amide bonds. The first kappa shape index (κ1) is 11.5. The van der Waals surface area contributed by atoms with Crippen LogP contribution in [0.4, 0.5) is 5.13 Å². The number of aromatic nitrogens is 4. The molecule has 0 atom stereocenters. The van der Waals surface area contributed by atoms with Crippen LogP contribution in [0.15, 0.2) is 42.3 Å². The molecule has 3 aromatic rings. The van der Waals surface area contributed by atoms with Crippen LogP contribution in [0.1, 0.15) is 10.6 Å². The van der Waals surface area contributed by atoms with E-state index in [9.17, 15) is 4.79 Å². The lowest BCUT2D eigenvalue weighted by molar-refractivity contribution is 0.101. The van der Waals surface area contributed by atoms with Gasteiger partial charge in [0.2, 0.25) is 0 Å². The van der Waals surface area contributed by atoms with E-state index in [-0.39, 0.29) is 11.7 Å². The van der Waals surface area contributed by atoms with Crippen LogP contribution in [-0.2, 0) is 0 Å². The van der Waals surface area contributed by atoms with Crippen LogP contribution in [0.2, 0.25) is 0 Å². The van der Waals surface area contributed by atoms with E-state index in [0.717, 1.165) is 11.3 Å². The Kier molecular flexibility index (Phi) is 3.03. The minimum Gasteiger partial charge on any atom is -0.341 e. The van der Waals surface area contributed by atoms with Gasteiger partial charge >= 0.3 is 0 Å². The predicted octanol–water partition coefficient (Wildman–Crippen LogP) is 2.18. The van der Waals surface area contributed by atoms with Crippen LogP contribution in [0.5, 0.6) is 0 Å². The van der Waals surface area contributed by atoms with Crippen molar-refractivity contribution in [3.63, 3.8) is 0 Å². The van der Waals surface area contributed by atoms with Crippen molar-refractivity contribution in [2.24, 2.45) is 0 Å². The normalized spacial score (nSPS) is 10.3. The molecule has 0 fully saturated rings.